The highest BCUT2D eigenvalue weighted by molar-refractivity contribution is 7.91. The second-order valence-corrected chi connectivity index (χ2v) is 6.78. The molecule has 2 rings (SSSR count). The number of sulfonamides is 1. The number of anilines is 1. The molecule has 0 spiro atoms. The number of hydrogen-bond acceptors (Lipinski definition) is 3. The Hall–Kier alpha value is -2.62. The van der Waals surface area contributed by atoms with Gasteiger partial charge in [0.2, 0.25) is 10.0 Å². The molecule has 25 heavy (non-hydrogen) atoms. The van der Waals surface area contributed by atoms with E-state index in [1.165, 1.54) is 24.3 Å². The van der Waals surface area contributed by atoms with E-state index in [1.807, 2.05) is 4.72 Å². The summed E-state index contributed by atoms with van der Waals surface area (Å²) in [5, 5.41) is 8.76. The van der Waals surface area contributed by atoms with E-state index in [0.717, 1.165) is 6.07 Å². The van der Waals surface area contributed by atoms with Gasteiger partial charge in [0.25, 0.3) is 0 Å². The highest BCUT2D eigenvalue weighted by Crippen LogP contribution is 2.33. The second kappa shape index (κ2) is 6.71. The molecular weight excluding hydrogens is 366 g/mol. The van der Waals surface area contributed by atoms with Gasteiger partial charge in [-0.1, -0.05) is 12.1 Å². The number of alkyl halides is 3. The molecule has 0 saturated heterocycles. The van der Waals surface area contributed by atoms with Crippen LogP contribution in [0.15, 0.2) is 42.5 Å². The van der Waals surface area contributed by atoms with Crippen molar-refractivity contribution >= 4 is 21.7 Å². The van der Waals surface area contributed by atoms with Crippen molar-refractivity contribution in [2.75, 3.05) is 4.72 Å². The van der Waals surface area contributed by atoms with Gasteiger partial charge in [-0.25, -0.2) is 17.6 Å². The molecule has 0 fully saturated rings. The molecule has 2 aromatic carbocycles. The Balaban J connectivity index is 2.20. The quantitative estimate of drug-likeness (QED) is 0.782. The Bertz CT molecular complexity index is 893. The zero-order valence-electron chi connectivity index (χ0n) is 12.3. The molecule has 5 nitrogen and oxygen atoms in total. The topological polar surface area (TPSA) is 83.5 Å². The summed E-state index contributed by atoms with van der Waals surface area (Å²) >= 11 is 0. The van der Waals surface area contributed by atoms with Crippen molar-refractivity contribution in [2.24, 2.45) is 0 Å². The summed E-state index contributed by atoms with van der Waals surface area (Å²) in [5.41, 5.74) is -1.83. The SMILES string of the molecule is O=C(O)c1ccc(CS(=O)(=O)Nc2ccc(F)c(C(F)(F)F)c2)cc1. The number of carboxylic acid groups (broad SMARTS) is 1. The van der Waals surface area contributed by atoms with Crippen LogP contribution in [0.1, 0.15) is 21.5 Å². The summed E-state index contributed by atoms with van der Waals surface area (Å²) in [5.74, 6) is -3.29. The standard InChI is InChI=1S/C15H11F4NO4S/c16-13-6-5-11(7-12(13)15(17,18)19)20-25(23,24)8-9-1-3-10(4-2-9)14(21)22/h1-7,20H,8H2,(H,21,22). The number of carbonyl (C=O) groups is 1. The fourth-order valence-corrected chi connectivity index (χ4v) is 3.17. The Morgan fingerprint density at radius 2 is 1.68 bits per heavy atom. The lowest BCUT2D eigenvalue weighted by molar-refractivity contribution is -0.139. The minimum atomic E-state index is -4.96. The van der Waals surface area contributed by atoms with Crippen LogP contribution >= 0.6 is 0 Å². The van der Waals surface area contributed by atoms with E-state index in [4.69, 9.17) is 5.11 Å². The third kappa shape index (κ3) is 4.92. The van der Waals surface area contributed by atoms with E-state index in [-0.39, 0.29) is 11.1 Å². The molecule has 0 radical (unpaired) electrons. The molecule has 2 N–H and O–H groups in total. The van der Waals surface area contributed by atoms with E-state index in [0.29, 0.717) is 12.1 Å². The summed E-state index contributed by atoms with van der Waals surface area (Å²) in [6.45, 7) is 0. The van der Waals surface area contributed by atoms with Gasteiger partial charge >= 0.3 is 12.1 Å². The van der Waals surface area contributed by atoms with Crippen molar-refractivity contribution in [1.82, 2.24) is 0 Å². The molecule has 0 aliphatic heterocycles. The predicted octanol–water partition coefficient (Wildman–Crippen LogP) is 3.48. The lowest BCUT2D eigenvalue weighted by Gasteiger charge is -2.12. The predicted molar refractivity (Wildman–Crippen MR) is 81.0 cm³/mol. The lowest BCUT2D eigenvalue weighted by Crippen LogP contribution is -2.16. The Kier molecular flexibility index (Phi) is 5.02. The van der Waals surface area contributed by atoms with Gasteiger partial charge in [-0.05, 0) is 35.9 Å². The van der Waals surface area contributed by atoms with Crippen LogP contribution in [0.3, 0.4) is 0 Å². The molecule has 0 saturated carbocycles. The minimum Gasteiger partial charge on any atom is -0.478 e. The van der Waals surface area contributed by atoms with Crippen molar-refractivity contribution in [2.45, 2.75) is 11.9 Å². The molecule has 10 heteroatoms. The zero-order chi connectivity index (χ0) is 18.8. The number of carboxylic acids is 1. The molecule has 0 atom stereocenters. The van der Waals surface area contributed by atoms with E-state index in [2.05, 4.69) is 0 Å². The number of rotatable bonds is 5. The maximum atomic E-state index is 13.2. The Morgan fingerprint density at radius 1 is 1.08 bits per heavy atom. The average Bonchev–Trinajstić information content (AvgIpc) is 2.48. The smallest absolute Gasteiger partial charge is 0.419 e. The third-order valence-corrected chi connectivity index (χ3v) is 4.36. The first kappa shape index (κ1) is 18.7. The molecule has 0 aliphatic rings. The highest BCUT2D eigenvalue weighted by Gasteiger charge is 2.34. The van der Waals surface area contributed by atoms with Gasteiger partial charge in [0.1, 0.15) is 5.82 Å². The van der Waals surface area contributed by atoms with E-state index >= 15 is 0 Å². The molecular formula is C15H11F4NO4S. The van der Waals surface area contributed by atoms with E-state index < -0.39 is 45.0 Å². The van der Waals surface area contributed by atoms with Crippen molar-refractivity contribution in [3.05, 3.63) is 65.0 Å². The first-order valence-electron chi connectivity index (χ1n) is 6.67. The molecule has 0 bridgehead atoms. The van der Waals surface area contributed by atoms with Gasteiger partial charge in [-0.2, -0.15) is 13.2 Å². The van der Waals surface area contributed by atoms with Crippen molar-refractivity contribution in [3.63, 3.8) is 0 Å². The van der Waals surface area contributed by atoms with Crippen LogP contribution in [0.2, 0.25) is 0 Å². The largest absolute Gasteiger partial charge is 0.478 e. The first-order valence-corrected chi connectivity index (χ1v) is 8.33. The lowest BCUT2D eigenvalue weighted by atomic mass is 10.1. The molecule has 0 aliphatic carbocycles. The zero-order valence-corrected chi connectivity index (χ0v) is 13.2. The maximum Gasteiger partial charge on any atom is 0.419 e. The monoisotopic (exact) mass is 377 g/mol. The number of halogens is 4. The number of nitrogens with one attached hydrogen (secondary N) is 1. The van der Waals surface area contributed by atoms with Crippen LogP contribution in [0.25, 0.3) is 0 Å². The fraction of sp³-hybridized carbons (Fsp3) is 0.133. The van der Waals surface area contributed by atoms with E-state index in [9.17, 15) is 30.8 Å². The molecule has 134 valence electrons. The summed E-state index contributed by atoms with van der Waals surface area (Å²) in [7, 11) is -4.08. The van der Waals surface area contributed by atoms with Gasteiger partial charge in [-0.15, -0.1) is 0 Å². The summed E-state index contributed by atoms with van der Waals surface area (Å²) in [6, 6.07) is 6.70. The number of benzene rings is 2. The van der Waals surface area contributed by atoms with Crippen LogP contribution < -0.4 is 4.72 Å². The van der Waals surface area contributed by atoms with Gasteiger partial charge in [0.15, 0.2) is 0 Å². The van der Waals surface area contributed by atoms with Crippen LogP contribution in [0, 0.1) is 5.82 Å². The summed E-state index contributed by atoms with van der Waals surface area (Å²) in [4.78, 5) is 10.7. The van der Waals surface area contributed by atoms with E-state index in [1.54, 1.807) is 0 Å². The molecule has 2 aromatic rings. The summed E-state index contributed by atoms with van der Waals surface area (Å²) < 4.78 is 77.1. The van der Waals surface area contributed by atoms with Crippen molar-refractivity contribution < 1.29 is 35.9 Å². The molecule has 0 unspecified atom stereocenters. The third-order valence-electron chi connectivity index (χ3n) is 3.10. The van der Waals surface area contributed by atoms with Gasteiger partial charge < -0.3 is 5.11 Å². The maximum absolute atomic E-state index is 13.2. The van der Waals surface area contributed by atoms with Crippen LogP contribution in [0.5, 0.6) is 0 Å². The van der Waals surface area contributed by atoms with Gasteiger partial charge in [0, 0.05) is 5.69 Å². The highest BCUT2D eigenvalue weighted by atomic mass is 32.2. The Labute approximate surface area is 140 Å². The second-order valence-electron chi connectivity index (χ2n) is 5.06. The summed E-state index contributed by atoms with van der Waals surface area (Å²) in [6.07, 6.45) is -4.96. The molecule has 0 amide bonds. The fourth-order valence-electron chi connectivity index (χ4n) is 1.98. The first-order chi connectivity index (χ1) is 11.5. The normalized spacial score (nSPS) is 12.0. The average molecular weight is 377 g/mol. The molecule has 0 aromatic heterocycles. The number of hydrogen-bond donors (Lipinski definition) is 2. The van der Waals surface area contributed by atoms with Crippen LogP contribution in [-0.2, 0) is 22.0 Å². The van der Waals surface area contributed by atoms with Crippen molar-refractivity contribution in [3.8, 4) is 0 Å². The van der Waals surface area contributed by atoms with Crippen LogP contribution in [-0.4, -0.2) is 19.5 Å². The van der Waals surface area contributed by atoms with Gasteiger partial charge in [0.05, 0.1) is 16.9 Å². The minimum absolute atomic E-state index is 0.0394. The van der Waals surface area contributed by atoms with Gasteiger partial charge in [-0.3, -0.25) is 4.72 Å². The van der Waals surface area contributed by atoms with Crippen LogP contribution in [0.4, 0.5) is 23.2 Å². The Morgan fingerprint density at radius 3 is 2.20 bits per heavy atom. The van der Waals surface area contributed by atoms with Crippen molar-refractivity contribution in [1.29, 1.82) is 0 Å². The number of aromatic carboxylic acids is 1. The molecule has 0 heterocycles.